The van der Waals surface area contributed by atoms with Crippen molar-refractivity contribution in [3.05, 3.63) is 30.1 Å². The molecular weight excluding hydrogens is 302 g/mol. The number of carbonyl (C=O) groups is 1. The van der Waals surface area contributed by atoms with Gasteiger partial charge in [0.1, 0.15) is 11.3 Å². The summed E-state index contributed by atoms with van der Waals surface area (Å²) in [6.45, 7) is 6.26. The zero-order valence-corrected chi connectivity index (χ0v) is 14.3. The third-order valence-corrected chi connectivity index (χ3v) is 4.38. The Bertz CT molecular complexity index is 926. The SMILES string of the molecule is CCCc1nc2c(N)nc3ccccc3c2n1CC(C)(C)C(N)=O. The summed E-state index contributed by atoms with van der Waals surface area (Å²) < 4.78 is 2.09. The van der Waals surface area contributed by atoms with Gasteiger partial charge in [-0.1, -0.05) is 25.1 Å². The fourth-order valence-corrected chi connectivity index (χ4v) is 2.96. The maximum Gasteiger partial charge on any atom is 0.224 e. The number of aryl methyl sites for hydroxylation is 1. The molecule has 126 valence electrons. The Balaban J connectivity index is 2.35. The van der Waals surface area contributed by atoms with Gasteiger partial charge in [-0.3, -0.25) is 4.79 Å². The van der Waals surface area contributed by atoms with Gasteiger partial charge < -0.3 is 16.0 Å². The van der Waals surface area contributed by atoms with Crippen LogP contribution in [0.5, 0.6) is 0 Å². The maximum atomic E-state index is 11.8. The van der Waals surface area contributed by atoms with Gasteiger partial charge in [-0.25, -0.2) is 9.97 Å². The van der Waals surface area contributed by atoms with E-state index in [1.807, 2.05) is 38.1 Å². The van der Waals surface area contributed by atoms with Gasteiger partial charge in [0.2, 0.25) is 5.91 Å². The molecule has 4 N–H and O–H groups in total. The first-order valence-electron chi connectivity index (χ1n) is 8.18. The molecule has 3 aromatic rings. The lowest BCUT2D eigenvalue weighted by molar-refractivity contribution is -0.126. The highest BCUT2D eigenvalue weighted by molar-refractivity contribution is 6.06. The Kier molecular flexibility index (Phi) is 3.91. The minimum Gasteiger partial charge on any atom is -0.382 e. The fourth-order valence-electron chi connectivity index (χ4n) is 2.96. The van der Waals surface area contributed by atoms with E-state index in [0.717, 1.165) is 35.1 Å². The molecule has 3 rings (SSSR count). The number of anilines is 1. The molecule has 6 nitrogen and oxygen atoms in total. The molecular formula is C18H23N5O. The number of nitrogen functional groups attached to an aromatic ring is 1. The second kappa shape index (κ2) is 5.78. The van der Waals surface area contributed by atoms with Crippen molar-refractivity contribution in [1.29, 1.82) is 0 Å². The number of fused-ring (bicyclic) bond motifs is 3. The highest BCUT2D eigenvalue weighted by Gasteiger charge is 2.28. The van der Waals surface area contributed by atoms with Crippen molar-refractivity contribution in [3.63, 3.8) is 0 Å². The molecule has 0 aliphatic carbocycles. The summed E-state index contributed by atoms with van der Waals surface area (Å²) in [6, 6.07) is 7.84. The van der Waals surface area contributed by atoms with Gasteiger partial charge in [-0.2, -0.15) is 0 Å². The minimum atomic E-state index is -0.685. The smallest absolute Gasteiger partial charge is 0.224 e. The topological polar surface area (TPSA) is 99.8 Å². The van der Waals surface area contributed by atoms with Gasteiger partial charge >= 0.3 is 0 Å². The quantitative estimate of drug-likeness (QED) is 0.753. The first kappa shape index (κ1) is 16.2. The summed E-state index contributed by atoms with van der Waals surface area (Å²) in [5, 5.41) is 0.983. The number of aromatic nitrogens is 3. The van der Waals surface area contributed by atoms with Crippen LogP contribution in [0.25, 0.3) is 21.9 Å². The van der Waals surface area contributed by atoms with Crippen molar-refractivity contribution < 1.29 is 4.79 Å². The molecule has 0 saturated carbocycles. The largest absolute Gasteiger partial charge is 0.382 e. The number of para-hydroxylation sites is 1. The molecule has 0 spiro atoms. The van der Waals surface area contributed by atoms with Gasteiger partial charge in [0.25, 0.3) is 0 Å². The average molecular weight is 325 g/mol. The lowest BCUT2D eigenvalue weighted by Gasteiger charge is -2.23. The summed E-state index contributed by atoms with van der Waals surface area (Å²) in [4.78, 5) is 21.0. The van der Waals surface area contributed by atoms with E-state index in [-0.39, 0.29) is 5.91 Å². The standard InChI is InChI=1S/C18H23N5O/c1-4-7-13-22-14-15(23(13)10-18(2,3)17(20)24)11-8-5-6-9-12(11)21-16(14)19/h5-6,8-9H,4,7,10H2,1-3H3,(H2,19,21)(H2,20,24). The van der Waals surface area contributed by atoms with Crippen molar-refractivity contribution in [2.45, 2.75) is 40.2 Å². The average Bonchev–Trinajstić information content (AvgIpc) is 2.87. The Morgan fingerprint density at radius 1 is 1.25 bits per heavy atom. The second-order valence-corrected chi connectivity index (χ2v) is 6.82. The van der Waals surface area contributed by atoms with Crippen LogP contribution in [-0.2, 0) is 17.8 Å². The number of primary amides is 1. The predicted octanol–water partition coefficient (Wildman–Crippen LogP) is 2.63. The number of carbonyl (C=O) groups excluding carboxylic acids is 1. The van der Waals surface area contributed by atoms with Gasteiger partial charge in [-0.15, -0.1) is 0 Å². The van der Waals surface area contributed by atoms with Crippen LogP contribution in [0.1, 0.15) is 33.0 Å². The van der Waals surface area contributed by atoms with E-state index in [1.165, 1.54) is 0 Å². The van der Waals surface area contributed by atoms with Gasteiger partial charge in [0, 0.05) is 18.4 Å². The molecule has 1 amide bonds. The number of imidazole rings is 1. The van der Waals surface area contributed by atoms with Crippen LogP contribution in [-0.4, -0.2) is 20.4 Å². The van der Waals surface area contributed by atoms with Crippen molar-refractivity contribution in [3.8, 4) is 0 Å². The van der Waals surface area contributed by atoms with Gasteiger partial charge in [0.05, 0.1) is 16.4 Å². The molecule has 0 saturated heterocycles. The zero-order valence-electron chi connectivity index (χ0n) is 14.3. The molecule has 0 atom stereocenters. The number of nitrogens with zero attached hydrogens (tertiary/aromatic N) is 3. The minimum absolute atomic E-state index is 0.335. The van der Waals surface area contributed by atoms with E-state index in [2.05, 4.69) is 16.5 Å². The summed E-state index contributed by atoms with van der Waals surface area (Å²) >= 11 is 0. The maximum absolute atomic E-state index is 11.8. The van der Waals surface area contributed by atoms with Crippen LogP contribution in [0.15, 0.2) is 24.3 Å². The fraction of sp³-hybridized carbons (Fsp3) is 0.389. The second-order valence-electron chi connectivity index (χ2n) is 6.82. The van der Waals surface area contributed by atoms with E-state index in [0.29, 0.717) is 17.9 Å². The number of hydrogen-bond acceptors (Lipinski definition) is 4. The van der Waals surface area contributed by atoms with E-state index >= 15 is 0 Å². The van der Waals surface area contributed by atoms with Crippen molar-refractivity contribution in [1.82, 2.24) is 14.5 Å². The number of hydrogen-bond donors (Lipinski definition) is 2. The highest BCUT2D eigenvalue weighted by Crippen LogP contribution is 2.31. The molecule has 2 heterocycles. The number of benzene rings is 1. The Labute approximate surface area is 140 Å². The van der Waals surface area contributed by atoms with Crippen LogP contribution in [0.4, 0.5) is 5.82 Å². The van der Waals surface area contributed by atoms with Crippen LogP contribution >= 0.6 is 0 Å². The molecule has 2 aromatic heterocycles. The molecule has 0 bridgehead atoms. The molecule has 0 unspecified atom stereocenters. The monoisotopic (exact) mass is 325 g/mol. The molecule has 24 heavy (non-hydrogen) atoms. The van der Waals surface area contributed by atoms with Crippen LogP contribution < -0.4 is 11.5 Å². The van der Waals surface area contributed by atoms with Crippen LogP contribution in [0.3, 0.4) is 0 Å². The number of rotatable bonds is 5. The first-order valence-corrected chi connectivity index (χ1v) is 8.18. The third kappa shape index (κ3) is 2.58. The van der Waals surface area contributed by atoms with E-state index in [1.54, 1.807) is 0 Å². The normalized spacial score (nSPS) is 12.1. The molecule has 0 aliphatic rings. The van der Waals surface area contributed by atoms with Crippen molar-refractivity contribution in [2.75, 3.05) is 5.73 Å². The molecule has 0 fully saturated rings. The Hall–Kier alpha value is -2.63. The van der Waals surface area contributed by atoms with E-state index in [9.17, 15) is 4.79 Å². The molecule has 0 radical (unpaired) electrons. The first-order chi connectivity index (χ1) is 11.3. The van der Waals surface area contributed by atoms with Crippen molar-refractivity contribution >= 4 is 33.7 Å². The van der Waals surface area contributed by atoms with Gasteiger partial charge in [0.15, 0.2) is 5.82 Å². The Morgan fingerprint density at radius 3 is 2.62 bits per heavy atom. The van der Waals surface area contributed by atoms with Crippen LogP contribution in [0, 0.1) is 5.41 Å². The van der Waals surface area contributed by atoms with Crippen LogP contribution in [0.2, 0.25) is 0 Å². The highest BCUT2D eigenvalue weighted by atomic mass is 16.1. The lowest BCUT2D eigenvalue weighted by atomic mass is 9.92. The lowest BCUT2D eigenvalue weighted by Crippen LogP contribution is -2.35. The number of amides is 1. The Morgan fingerprint density at radius 2 is 1.96 bits per heavy atom. The van der Waals surface area contributed by atoms with E-state index < -0.39 is 5.41 Å². The molecule has 6 heteroatoms. The molecule has 0 aliphatic heterocycles. The summed E-state index contributed by atoms with van der Waals surface area (Å²) in [6.07, 6.45) is 1.75. The van der Waals surface area contributed by atoms with Gasteiger partial charge in [-0.05, 0) is 26.3 Å². The predicted molar refractivity (Wildman–Crippen MR) is 96.4 cm³/mol. The molecule has 1 aromatic carbocycles. The van der Waals surface area contributed by atoms with E-state index in [4.69, 9.17) is 16.5 Å². The summed E-state index contributed by atoms with van der Waals surface area (Å²) in [5.74, 6) is 0.987. The number of pyridine rings is 1. The number of nitrogens with two attached hydrogens (primary N) is 2. The zero-order chi connectivity index (χ0) is 17.5. The summed E-state index contributed by atoms with van der Waals surface area (Å²) in [7, 11) is 0. The van der Waals surface area contributed by atoms with Crippen molar-refractivity contribution in [2.24, 2.45) is 11.1 Å². The third-order valence-electron chi connectivity index (χ3n) is 4.38. The summed E-state index contributed by atoms with van der Waals surface area (Å²) in [5.41, 5.74) is 13.5.